The Balaban J connectivity index is 1.62. The Morgan fingerprint density at radius 1 is 1.25 bits per heavy atom. The van der Waals surface area contributed by atoms with E-state index in [0.717, 1.165) is 30.2 Å². The summed E-state index contributed by atoms with van der Waals surface area (Å²) in [6.07, 6.45) is 7.14. The molecule has 24 heavy (non-hydrogen) atoms. The molecule has 0 aliphatic carbocycles. The topological polar surface area (TPSA) is 41.0 Å². The van der Waals surface area contributed by atoms with Gasteiger partial charge in [-0.25, -0.2) is 14.4 Å². The first kappa shape index (κ1) is 16.7. The monoisotopic (exact) mass is 328 g/mol. The highest BCUT2D eigenvalue weighted by atomic mass is 19.1. The summed E-state index contributed by atoms with van der Waals surface area (Å²) in [7, 11) is 0. The van der Waals surface area contributed by atoms with E-state index >= 15 is 0 Å². The summed E-state index contributed by atoms with van der Waals surface area (Å²) in [5, 5.41) is 3.29. The van der Waals surface area contributed by atoms with Crippen LogP contribution in [0.15, 0.2) is 36.7 Å². The molecule has 1 N–H and O–H groups in total. The highest BCUT2D eigenvalue weighted by Crippen LogP contribution is 2.25. The number of piperidine rings is 1. The van der Waals surface area contributed by atoms with Crippen LogP contribution in [0.3, 0.4) is 0 Å². The number of aromatic nitrogens is 2. The minimum absolute atomic E-state index is 0.151. The van der Waals surface area contributed by atoms with Crippen molar-refractivity contribution in [3.05, 3.63) is 48.0 Å². The molecule has 3 rings (SSSR count). The van der Waals surface area contributed by atoms with Crippen LogP contribution in [0.4, 0.5) is 16.0 Å². The van der Waals surface area contributed by atoms with Crippen molar-refractivity contribution in [2.75, 3.05) is 23.3 Å². The zero-order chi connectivity index (χ0) is 16.8. The standard InChI is InChI=1S/C19H25FN4/c1-2-16-8-5-6-12-24(16)19-13-18(22-14-23-19)21-11-10-15-7-3-4-9-17(15)20/h3-4,7,9,13-14,16H,2,5-6,8,10-12H2,1H3,(H,21,22,23). The summed E-state index contributed by atoms with van der Waals surface area (Å²) in [5.41, 5.74) is 0.723. The molecule has 1 atom stereocenters. The van der Waals surface area contributed by atoms with Gasteiger partial charge in [-0.15, -0.1) is 0 Å². The van der Waals surface area contributed by atoms with E-state index < -0.39 is 0 Å². The van der Waals surface area contributed by atoms with Crippen molar-refractivity contribution in [3.8, 4) is 0 Å². The second-order valence-corrected chi connectivity index (χ2v) is 6.28. The molecule has 1 aromatic carbocycles. The minimum Gasteiger partial charge on any atom is -0.370 e. The minimum atomic E-state index is -0.151. The number of nitrogens with zero attached hydrogens (tertiary/aromatic N) is 3. The van der Waals surface area contributed by atoms with E-state index in [1.54, 1.807) is 12.4 Å². The molecule has 0 bridgehead atoms. The van der Waals surface area contributed by atoms with Gasteiger partial charge in [0.15, 0.2) is 0 Å². The number of rotatable bonds is 6. The van der Waals surface area contributed by atoms with Gasteiger partial charge < -0.3 is 10.2 Å². The first-order valence-corrected chi connectivity index (χ1v) is 8.84. The molecule has 1 aliphatic rings. The predicted octanol–water partition coefficient (Wildman–Crippen LogP) is 4.04. The van der Waals surface area contributed by atoms with Crippen LogP contribution in [-0.2, 0) is 6.42 Å². The van der Waals surface area contributed by atoms with Crippen LogP contribution in [-0.4, -0.2) is 29.1 Å². The van der Waals surface area contributed by atoms with E-state index in [1.807, 2.05) is 18.2 Å². The van der Waals surface area contributed by atoms with E-state index in [2.05, 4.69) is 27.1 Å². The van der Waals surface area contributed by atoms with Gasteiger partial charge in [0, 0.05) is 25.2 Å². The largest absolute Gasteiger partial charge is 0.370 e. The van der Waals surface area contributed by atoms with Crippen LogP contribution >= 0.6 is 0 Å². The maximum absolute atomic E-state index is 13.6. The van der Waals surface area contributed by atoms with Crippen LogP contribution < -0.4 is 10.2 Å². The molecule has 1 aliphatic heterocycles. The summed E-state index contributed by atoms with van der Waals surface area (Å²) in [5.74, 6) is 1.64. The van der Waals surface area contributed by atoms with Gasteiger partial charge in [0.1, 0.15) is 23.8 Å². The highest BCUT2D eigenvalue weighted by molar-refractivity contribution is 5.49. The van der Waals surface area contributed by atoms with Crippen molar-refractivity contribution in [3.63, 3.8) is 0 Å². The molecule has 2 heterocycles. The molecule has 1 saturated heterocycles. The van der Waals surface area contributed by atoms with Crippen LogP contribution in [0, 0.1) is 5.82 Å². The number of hydrogen-bond acceptors (Lipinski definition) is 4. The summed E-state index contributed by atoms with van der Waals surface area (Å²) >= 11 is 0. The van der Waals surface area contributed by atoms with Gasteiger partial charge in [-0.2, -0.15) is 0 Å². The zero-order valence-corrected chi connectivity index (χ0v) is 14.2. The lowest BCUT2D eigenvalue weighted by molar-refractivity contribution is 0.446. The molecule has 4 nitrogen and oxygen atoms in total. The molecule has 2 aromatic rings. The number of halogens is 1. The van der Waals surface area contributed by atoms with E-state index in [0.29, 0.717) is 19.0 Å². The summed E-state index contributed by atoms with van der Waals surface area (Å²) in [4.78, 5) is 11.1. The molecular formula is C19H25FN4. The van der Waals surface area contributed by atoms with Crippen LogP contribution in [0.2, 0.25) is 0 Å². The lowest BCUT2D eigenvalue weighted by Gasteiger charge is -2.36. The third-order valence-electron chi connectivity index (χ3n) is 4.70. The maximum Gasteiger partial charge on any atom is 0.134 e. The molecule has 1 unspecified atom stereocenters. The van der Waals surface area contributed by atoms with E-state index in [1.165, 1.54) is 25.3 Å². The van der Waals surface area contributed by atoms with Crippen molar-refractivity contribution in [2.24, 2.45) is 0 Å². The van der Waals surface area contributed by atoms with Gasteiger partial charge in [-0.3, -0.25) is 0 Å². The van der Waals surface area contributed by atoms with Gasteiger partial charge in [0.25, 0.3) is 0 Å². The Hall–Kier alpha value is -2.17. The zero-order valence-electron chi connectivity index (χ0n) is 14.2. The van der Waals surface area contributed by atoms with Gasteiger partial charge >= 0.3 is 0 Å². The molecule has 0 spiro atoms. The normalized spacial score (nSPS) is 17.8. The van der Waals surface area contributed by atoms with Crippen molar-refractivity contribution >= 4 is 11.6 Å². The van der Waals surface area contributed by atoms with Gasteiger partial charge in [-0.05, 0) is 43.7 Å². The van der Waals surface area contributed by atoms with Crippen molar-refractivity contribution < 1.29 is 4.39 Å². The first-order valence-electron chi connectivity index (χ1n) is 8.84. The Morgan fingerprint density at radius 3 is 2.96 bits per heavy atom. The number of anilines is 2. The Labute approximate surface area is 143 Å². The van der Waals surface area contributed by atoms with Crippen molar-refractivity contribution in [2.45, 2.75) is 45.1 Å². The highest BCUT2D eigenvalue weighted by Gasteiger charge is 2.22. The van der Waals surface area contributed by atoms with Gasteiger partial charge in [0.2, 0.25) is 0 Å². The van der Waals surface area contributed by atoms with Gasteiger partial charge in [0.05, 0.1) is 0 Å². The molecule has 0 amide bonds. The van der Waals surface area contributed by atoms with Crippen LogP contribution in [0.5, 0.6) is 0 Å². The molecule has 1 aromatic heterocycles. The predicted molar refractivity (Wildman–Crippen MR) is 95.9 cm³/mol. The third kappa shape index (κ3) is 4.02. The fraction of sp³-hybridized carbons (Fsp3) is 0.474. The fourth-order valence-electron chi connectivity index (χ4n) is 3.35. The summed E-state index contributed by atoms with van der Waals surface area (Å²) < 4.78 is 13.6. The molecule has 0 saturated carbocycles. The lowest BCUT2D eigenvalue weighted by atomic mass is 10.0. The first-order chi connectivity index (χ1) is 11.8. The molecule has 1 fully saturated rings. The van der Waals surface area contributed by atoms with E-state index in [-0.39, 0.29) is 5.82 Å². The van der Waals surface area contributed by atoms with E-state index in [9.17, 15) is 4.39 Å². The fourth-order valence-corrected chi connectivity index (χ4v) is 3.35. The van der Waals surface area contributed by atoms with Gasteiger partial charge in [-0.1, -0.05) is 25.1 Å². The maximum atomic E-state index is 13.6. The second kappa shape index (κ2) is 8.08. The molecule has 128 valence electrons. The molecule has 5 heteroatoms. The second-order valence-electron chi connectivity index (χ2n) is 6.28. The Bertz CT molecular complexity index is 661. The average Bonchev–Trinajstić information content (AvgIpc) is 2.63. The number of benzene rings is 1. The van der Waals surface area contributed by atoms with Crippen molar-refractivity contribution in [1.82, 2.24) is 9.97 Å². The molecular weight excluding hydrogens is 303 g/mol. The summed E-state index contributed by atoms with van der Waals surface area (Å²) in [6.45, 7) is 3.94. The summed E-state index contributed by atoms with van der Waals surface area (Å²) in [6, 6.07) is 9.48. The SMILES string of the molecule is CCC1CCCCN1c1cc(NCCc2ccccc2F)ncn1. The Kier molecular flexibility index (Phi) is 5.62. The van der Waals surface area contributed by atoms with Crippen LogP contribution in [0.1, 0.15) is 38.2 Å². The number of nitrogens with one attached hydrogen (secondary N) is 1. The molecule has 0 radical (unpaired) electrons. The van der Waals surface area contributed by atoms with Crippen molar-refractivity contribution in [1.29, 1.82) is 0 Å². The Morgan fingerprint density at radius 2 is 2.12 bits per heavy atom. The quantitative estimate of drug-likeness (QED) is 0.869. The average molecular weight is 328 g/mol. The number of hydrogen-bond donors (Lipinski definition) is 1. The lowest BCUT2D eigenvalue weighted by Crippen LogP contribution is -2.39. The van der Waals surface area contributed by atoms with E-state index in [4.69, 9.17) is 0 Å². The van der Waals surface area contributed by atoms with Crippen LogP contribution in [0.25, 0.3) is 0 Å². The smallest absolute Gasteiger partial charge is 0.134 e. The third-order valence-corrected chi connectivity index (χ3v) is 4.70.